The number of aromatic amines is 1. The van der Waals surface area contributed by atoms with Gasteiger partial charge in [-0.25, -0.2) is 4.73 Å². The van der Waals surface area contributed by atoms with E-state index in [0.717, 1.165) is 6.33 Å². The Kier molecular flexibility index (Phi) is 6.99. The number of rotatable bonds is 7. The van der Waals surface area contributed by atoms with Gasteiger partial charge in [-0.15, -0.1) is 0 Å². The number of halogens is 1. The van der Waals surface area contributed by atoms with Crippen molar-refractivity contribution < 1.29 is 18.6 Å². The van der Waals surface area contributed by atoms with Gasteiger partial charge in [0.15, 0.2) is 0 Å². The van der Waals surface area contributed by atoms with Gasteiger partial charge in [0, 0.05) is 34.4 Å². The molecule has 1 unspecified atom stereocenters. The highest BCUT2D eigenvalue weighted by atomic mass is 35.5. The standard InChI is InChI=1S/C24H19ClN5O4P/c1-34-35(33,19-6-2-4-16(10-19)5-3-9-26)23-20-11-18(25)7-8-21(20)29-22(23)24(31)28-13-17-12-27-15-30(32)14-17/h2-8,10-12,14-15,29H,13H2,1H3,(H,28,31)/b5-3+. The predicted octanol–water partition coefficient (Wildman–Crippen LogP) is 3.19. The van der Waals surface area contributed by atoms with Crippen LogP contribution in [0, 0.1) is 16.5 Å². The molecule has 2 aromatic heterocycles. The molecular weight excluding hydrogens is 489 g/mol. The van der Waals surface area contributed by atoms with Crippen molar-refractivity contribution in [3.63, 3.8) is 0 Å². The molecule has 176 valence electrons. The van der Waals surface area contributed by atoms with Crippen LogP contribution in [0.5, 0.6) is 0 Å². The topological polar surface area (TPSA) is 135 Å². The molecule has 0 aliphatic carbocycles. The first-order valence-corrected chi connectivity index (χ1v) is 12.3. The minimum Gasteiger partial charge on any atom is -0.711 e. The van der Waals surface area contributed by atoms with E-state index in [4.69, 9.17) is 21.4 Å². The summed E-state index contributed by atoms with van der Waals surface area (Å²) in [5.74, 6) is -0.550. The number of H-pyrrole nitrogens is 1. The number of carbonyl (C=O) groups is 1. The maximum Gasteiger partial charge on any atom is 0.289 e. The zero-order valence-electron chi connectivity index (χ0n) is 18.4. The van der Waals surface area contributed by atoms with Gasteiger partial charge in [0.05, 0.1) is 23.5 Å². The average molecular weight is 508 g/mol. The summed E-state index contributed by atoms with van der Waals surface area (Å²) in [6, 6.07) is 13.6. The zero-order valence-corrected chi connectivity index (χ0v) is 20.1. The lowest BCUT2D eigenvalue weighted by Crippen LogP contribution is -2.32. The number of hydrogen-bond acceptors (Lipinski definition) is 6. The van der Waals surface area contributed by atoms with Crippen molar-refractivity contribution in [2.45, 2.75) is 6.54 Å². The van der Waals surface area contributed by atoms with E-state index >= 15 is 0 Å². The van der Waals surface area contributed by atoms with Crippen molar-refractivity contribution in [2.75, 3.05) is 7.11 Å². The summed E-state index contributed by atoms with van der Waals surface area (Å²) in [4.78, 5) is 20.1. The summed E-state index contributed by atoms with van der Waals surface area (Å²) in [6.45, 7) is 0.0240. The van der Waals surface area contributed by atoms with Crippen molar-refractivity contribution >= 4 is 52.5 Å². The van der Waals surface area contributed by atoms with Crippen molar-refractivity contribution in [3.8, 4) is 6.07 Å². The normalized spacial score (nSPS) is 12.9. The zero-order chi connectivity index (χ0) is 25.0. The number of nitrogens with one attached hydrogen (secondary N) is 2. The molecule has 0 aliphatic rings. The molecule has 2 N–H and O–H groups in total. The lowest BCUT2D eigenvalue weighted by molar-refractivity contribution is -0.609. The van der Waals surface area contributed by atoms with Crippen molar-refractivity contribution in [1.29, 1.82) is 5.26 Å². The summed E-state index contributed by atoms with van der Waals surface area (Å²) in [5, 5.41) is 24.4. The third kappa shape index (κ3) is 4.96. The molecule has 35 heavy (non-hydrogen) atoms. The average Bonchev–Trinajstić information content (AvgIpc) is 3.25. The van der Waals surface area contributed by atoms with Gasteiger partial charge in [0.2, 0.25) is 0 Å². The SMILES string of the molecule is COP(=O)(c1cccc(/C=C/C#N)c1)c1c(C(=O)NCc2cnc[n+]([O-])c2)[nH]c2ccc(Cl)cc12. The lowest BCUT2D eigenvalue weighted by atomic mass is 10.2. The van der Waals surface area contributed by atoms with E-state index in [1.54, 1.807) is 48.5 Å². The summed E-state index contributed by atoms with van der Waals surface area (Å²) < 4.78 is 20.6. The molecule has 0 spiro atoms. The second kappa shape index (κ2) is 10.1. The number of aromatic nitrogens is 3. The van der Waals surface area contributed by atoms with Crippen LogP contribution in [0.4, 0.5) is 0 Å². The van der Waals surface area contributed by atoms with Gasteiger partial charge in [-0.3, -0.25) is 9.36 Å². The Morgan fingerprint density at radius 3 is 2.94 bits per heavy atom. The molecule has 11 heteroatoms. The second-order valence-electron chi connectivity index (χ2n) is 7.47. The molecule has 4 aromatic rings. The van der Waals surface area contributed by atoms with Crippen LogP contribution in [0.25, 0.3) is 17.0 Å². The van der Waals surface area contributed by atoms with E-state index in [2.05, 4.69) is 15.3 Å². The molecule has 0 radical (unpaired) electrons. The fourth-order valence-electron chi connectivity index (χ4n) is 3.68. The summed E-state index contributed by atoms with van der Waals surface area (Å²) >= 11 is 6.23. The molecule has 0 fully saturated rings. The Morgan fingerprint density at radius 1 is 1.37 bits per heavy atom. The van der Waals surface area contributed by atoms with E-state index in [9.17, 15) is 14.6 Å². The van der Waals surface area contributed by atoms with Gasteiger partial charge < -0.3 is 20.0 Å². The lowest BCUT2D eigenvalue weighted by Gasteiger charge is -2.18. The number of allylic oxidation sites excluding steroid dienone is 1. The molecular formula is C24H19ClN5O4P. The minimum atomic E-state index is -3.81. The predicted molar refractivity (Wildman–Crippen MR) is 133 cm³/mol. The molecule has 0 aliphatic heterocycles. The third-order valence-corrected chi connectivity index (χ3v) is 8.00. The van der Waals surface area contributed by atoms with Crippen LogP contribution >= 0.6 is 19.0 Å². The highest BCUT2D eigenvalue weighted by Crippen LogP contribution is 2.47. The van der Waals surface area contributed by atoms with E-state index < -0.39 is 13.3 Å². The number of benzene rings is 2. The van der Waals surface area contributed by atoms with Crippen LogP contribution in [-0.2, 0) is 15.6 Å². The Bertz CT molecular complexity index is 1540. The van der Waals surface area contributed by atoms with Gasteiger partial charge in [-0.1, -0.05) is 28.7 Å². The van der Waals surface area contributed by atoms with E-state index in [1.165, 1.54) is 25.6 Å². The van der Waals surface area contributed by atoms with Crippen molar-refractivity contribution in [1.82, 2.24) is 15.3 Å². The van der Waals surface area contributed by atoms with E-state index in [0.29, 0.717) is 37.1 Å². The molecule has 9 nitrogen and oxygen atoms in total. The maximum atomic E-state index is 14.4. The Hall–Kier alpha value is -3.96. The number of nitrogens with zero attached hydrogens (tertiary/aromatic N) is 3. The van der Waals surface area contributed by atoms with Gasteiger partial charge in [0.1, 0.15) is 18.1 Å². The largest absolute Gasteiger partial charge is 0.711 e. The van der Waals surface area contributed by atoms with Gasteiger partial charge in [0.25, 0.3) is 19.6 Å². The van der Waals surface area contributed by atoms with E-state index in [-0.39, 0.29) is 17.5 Å². The van der Waals surface area contributed by atoms with Crippen LogP contribution in [0.15, 0.2) is 67.3 Å². The highest BCUT2D eigenvalue weighted by Gasteiger charge is 2.36. The van der Waals surface area contributed by atoms with Crippen molar-refractivity contribution in [3.05, 3.63) is 94.3 Å². The number of hydrogen-bond donors (Lipinski definition) is 2. The van der Waals surface area contributed by atoms with Crippen LogP contribution in [0.2, 0.25) is 5.02 Å². The molecule has 2 aromatic carbocycles. The first kappa shape index (κ1) is 24.2. The molecule has 1 amide bonds. The van der Waals surface area contributed by atoms with E-state index in [1.807, 2.05) is 6.07 Å². The number of nitriles is 1. The molecule has 2 heterocycles. The van der Waals surface area contributed by atoms with Crippen LogP contribution in [0.1, 0.15) is 21.6 Å². The molecule has 0 saturated heterocycles. The fourth-order valence-corrected chi connectivity index (χ4v) is 6.06. The summed E-state index contributed by atoms with van der Waals surface area (Å²) in [5.41, 5.74) is 1.73. The highest BCUT2D eigenvalue weighted by molar-refractivity contribution is 7.75. The quantitative estimate of drug-likeness (QED) is 0.171. The maximum absolute atomic E-state index is 14.4. The number of carbonyl (C=O) groups excluding carboxylic acids is 1. The molecule has 0 bridgehead atoms. The summed E-state index contributed by atoms with van der Waals surface area (Å²) in [7, 11) is -2.50. The minimum absolute atomic E-state index is 0.0240. The molecule has 0 saturated carbocycles. The van der Waals surface area contributed by atoms with Crippen LogP contribution in [-0.4, -0.2) is 23.0 Å². The smallest absolute Gasteiger partial charge is 0.289 e. The first-order chi connectivity index (χ1) is 16.9. The monoisotopic (exact) mass is 507 g/mol. The van der Waals surface area contributed by atoms with Crippen LogP contribution in [0.3, 0.4) is 0 Å². The Labute approximate surface area is 205 Å². The van der Waals surface area contributed by atoms with Gasteiger partial charge in [-0.05, 0) is 42.0 Å². The Balaban J connectivity index is 1.83. The molecule has 1 atom stereocenters. The summed E-state index contributed by atoms with van der Waals surface area (Å²) in [6.07, 6.45) is 6.74. The van der Waals surface area contributed by atoms with Crippen molar-refractivity contribution in [2.24, 2.45) is 0 Å². The van der Waals surface area contributed by atoms with Gasteiger partial charge >= 0.3 is 0 Å². The fraction of sp³-hybridized carbons (Fsp3) is 0.0833. The molecule has 4 rings (SSSR count). The number of amides is 1. The van der Waals surface area contributed by atoms with Crippen LogP contribution < -0.4 is 20.7 Å². The Morgan fingerprint density at radius 2 is 2.20 bits per heavy atom. The third-order valence-electron chi connectivity index (χ3n) is 5.24. The number of fused-ring (bicyclic) bond motifs is 1. The second-order valence-corrected chi connectivity index (χ2v) is 10.3. The first-order valence-electron chi connectivity index (χ1n) is 10.3. The van der Waals surface area contributed by atoms with Gasteiger partial charge in [-0.2, -0.15) is 5.26 Å².